The zero-order valence-electron chi connectivity index (χ0n) is 14.7. The average Bonchev–Trinajstić information content (AvgIpc) is 2.55. The number of aryl methyl sites for hydroxylation is 3. The summed E-state index contributed by atoms with van der Waals surface area (Å²) in [6.45, 7) is 6.49. The zero-order valence-corrected chi connectivity index (χ0v) is 15.9. The summed E-state index contributed by atoms with van der Waals surface area (Å²) in [5.41, 5.74) is 7.98. The summed E-state index contributed by atoms with van der Waals surface area (Å²) in [6, 6.07) is 26.6. The van der Waals surface area contributed by atoms with Gasteiger partial charge in [-0.2, -0.15) is 0 Å². The minimum absolute atomic E-state index is 0.119. The molecule has 0 radical (unpaired) electrons. The van der Waals surface area contributed by atoms with E-state index in [0.29, 0.717) is 0 Å². The Labute approximate surface area is 148 Å². The molecule has 0 aliphatic heterocycles. The van der Waals surface area contributed by atoms with Crippen LogP contribution < -0.4 is 0 Å². The molecule has 1 atom stereocenters. The van der Waals surface area contributed by atoms with Gasteiger partial charge in [0.05, 0.1) is 0 Å². The van der Waals surface area contributed by atoms with Crippen molar-refractivity contribution in [3.8, 4) is 0 Å². The van der Waals surface area contributed by atoms with E-state index in [1.165, 1.54) is 33.4 Å². The molecule has 3 aromatic carbocycles. The van der Waals surface area contributed by atoms with E-state index in [4.69, 9.17) is 0 Å². The van der Waals surface area contributed by atoms with Crippen LogP contribution in [0, 0.1) is 20.8 Å². The molecule has 0 aliphatic carbocycles. The van der Waals surface area contributed by atoms with Gasteiger partial charge in [0.1, 0.15) is 0 Å². The molecule has 24 heavy (non-hydrogen) atoms. The van der Waals surface area contributed by atoms with Gasteiger partial charge in [0, 0.05) is 5.16 Å². The molecule has 1 unspecified atom stereocenters. The first-order valence-corrected chi connectivity index (χ1v) is 9.04. The first-order valence-electron chi connectivity index (χ1n) is 8.46. The van der Waals surface area contributed by atoms with Crippen molar-refractivity contribution in [2.75, 3.05) is 0 Å². The predicted octanol–water partition coefficient (Wildman–Crippen LogP) is 5.97. The van der Waals surface area contributed by atoms with E-state index in [1.807, 2.05) is 0 Å². The molecule has 3 aromatic rings. The number of hydrogen-bond donors (Lipinski definition) is 0. The fraction of sp³-hybridized carbons (Fsp3) is 0.217. The van der Waals surface area contributed by atoms with Crippen molar-refractivity contribution in [3.05, 3.63) is 106 Å². The highest BCUT2D eigenvalue weighted by Crippen LogP contribution is 2.42. The van der Waals surface area contributed by atoms with E-state index in [1.54, 1.807) is 0 Å². The van der Waals surface area contributed by atoms with Crippen LogP contribution in [0.15, 0.2) is 72.8 Å². The lowest BCUT2D eigenvalue weighted by Gasteiger charge is -2.32. The second kappa shape index (κ2) is 6.91. The fourth-order valence-corrected chi connectivity index (χ4v) is 3.95. The van der Waals surface area contributed by atoms with Crippen molar-refractivity contribution in [1.82, 2.24) is 0 Å². The maximum absolute atomic E-state index is 3.15. The molecule has 0 heterocycles. The Bertz CT molecular complexity index is 802. The molecule has 0 saturated carbocycles. The average molecular weight is 332 g/mol. The highest BCUT2D eigenvalue weighted by Gasteiger charge is 2.29. The van der Waals surface area contributed by atoms with E-state index in [9.17, 15) is 0 Å². The van der Waals surface area contributed by atoms with E-state index < -0.39 is 0 Å². The third kappa shape index (κ3) is 3.60. The molecule has 0 aliphatic rings. The van der Waals surface area contributed by atoms with Crippen LogP contribution in [0.3, 0.4) is 0 Å². The third-order valence-corrected chi connectivity index (χ3v) is 5.50. The Morgan fingerprint density at radius 1 is 0.667 bits per heavy atom. The molecule has 0 amide bonds. The first kappa shape index (κ1) is 16.9. The van der Waals surface area contributed by atoms with Crippen LogP contribution in [0.1, 0.15) is 33.4 Å². The summed E-state index contributed by atoms with van der Waals surface area (Å²) < 4.78 is 0. The largest absolute Gasteiger partial charge is 0.121 e. The van der Waals surface area contributed by atoms with Gasteiger partial charge in [0.25, 0.3) is 0 Å². The van der Waals surface area contributed by atoms with Gasteiger partial charge < -0.3 is 0 Å². The second-order valence-electron chi connectivity index (χ2n) is 6.88. The molecule has 0 aromatic heterocycles. The highest BCUT2D eigenvalue weighted by molar-refractivity contribution is 7.19. The Hall–Kier alpha value is -1.91. The maximum Gasteiger partial charge on any atom is 0.0384 e. The van der Waals surface area contributed by atoms with Crippen LogP contribution >= 0.6 is 9.24 Å². The maximum atomic E-state index is 3.15. The molecule has 0 N–H and O–H groups in total. The summed E-state index contributed by atoms with van der Waals surface area (Å²) in [5, 5.41) is -0.119. The van der Waals surface area contributed by atoms with Crippen LogP contribution in [0.4, 0.5) is 0 Å². The van der Waals surface area contributed by atoms with Crippen molar-refractivity contribution in [2.24, 2.45) is 0 Å². The molecular weight excluding hydrogens is 307 g/mol. The van der Waals surface area contributed by atoms with Gasteiger partial charge in [0.15, 0.2) is 0 Å². The molecule has 1 heteroatoms. The first-order chi connectivity index (χ1) is 11.5. The monoisotopic (exact) mass is 332 g/mol. The number of benzene rings is 3. The third-order valence-electron chi connectivity index (χ3n) is 4.63. The van der Waals surface area contributed by atoms with Gasteiger partial charge in [-0.25, -0.2) is 0 Å². The lowest BCUT2D eigenvalue weighted by Crippen LogP contribution is -2.23. The van der Waals surface area contributed by atoms with Crippen molar-refractivity contribution < 1.29 is 0 Å². The summed E-state index contributed by atoms with van der Waals surface area (Å²) >= 11 is 0. The molecule has 0 nitrogen and oxygen atoms in total. The molecule has 3 rings (SSSR count). The summed E-state index contributed by atoms with van der Waals surface area (Å²) in [6.07, 6.45) is 0.965. The van der Waals surface area contributed by atoms with E-state index in [0.717, 1.165) is 6.42 Å². The van der Waals surface area contributed by atoms with Crippen molar-refractivity contribution >= 4 is 9.24 Å². The van der Waals surface area contributed by atoms with Crippen LogP contribution in [-0.2, 0) is 11.6 Å². The number of rotatable bonds is 4. The van der Waals surface area contributed by atoms with E-state index in [2.05, 4.69) is 103 Å². The van der Waals surface area contributed by atoms with Crippen molar-refractivity contribution in [3.63, 3.8) is 0 Å². The standard InChI is InChI=1S/C23H25P/c1-17-7-4-10-20(13-17)16-23(24,21-11-5-8-18(2)14-21)22-12-6-9-19(3)15-22/h4-15H,16,24H2,1-3H3. The van der Waals surface area contributed by atoms with Crippen LogP contribution in [-0.4, -0.2) is 0 Å². The van der Waals surface area contributed by atoms with Crippen LogP contribution in [0.5, 0.6) is 0 Å². The van der Waals surface area contributed by atoms with Crippen molar-refractivity contribution in [2.45, 2.75) is 32.3 Å². The Balaban J connectivity index is 2.13. The minimum Gasteiger partial charge on any atom is -0.121 e. The topological polar surface area (TPSA) is 0 Å². The van der Waals surface area contributed by atoms with Gasteiger partial charge >= 0.3 is 0 Å². The quantitative estimate of drug-likeness (QED) is 0.516. The molecular formula is C23H25P. The van der Waals surface area contributed by atoms with Crippen molar-refractivity contribution in [1.29, 1.82) is 0 Å². The fourth-order valence-electron chi connectivity index (χ4n) is 3.36. The predicted molar refractivity (Wildman–Crippen MR) is 108 cm³/mol. The minimum atomic E-state index is -0.119. The molecule has 122 valence electrons. The van der Waals surface area contributed by atoms with Gasteiger partial charge in [-0.3, -0.25) is 0 Å². The lowest BCUT2D eigenvalue weighted by molar-refractivity contribution is 0.733. The van der Waals surface area contributed by atoms with Gasteiger partial charge in [-0.1, -0.05) is 89.5 Å². The molecule has 0 fully saturated rings. The van der Waals surface area contributed by atoms with E-state index in [-0.39, 0.29) is 5.16 Å². The molecule has 0 spiro atoms. The number of hydrogen-bond acceptors (Lipinski definition) is 0. The lowest BCUT2D eigenvalue weighted by atomic mass is 9.83. The summed E-state index contributed by atoms with van der Waals surface area (Å²) in [5.74, 6) is 0. The Morgan fingerprint density at radius 3 is 1.58 bits per heavy atom. The molecule has 0 bridgehead atoms. The molecule has 0 saturated heterocycles. The Kier molecular flexibility index (Phi) is 4.88. The zero-order chi connectivity index (χ0) is 17.2. The normalized spacial score (nSPS) is 11.5. The summed E-state index contributed by atoms with van der Waals surface area (Å²) in [7, 11) is 3.15. The van der Waals surface area contributed by atoms with Crippen LogP contribution in [0.25, 0.3) is 0 Å². The van der Waals surface area contributed by atoms with E-state index >= 15 is 0 Å². The smallest absolute Gasteiger partial charge is 0.0384 e. The Morgan fingerprint density at radius 2 is 1.12 bits per heavy atom. The highest BCUT2D eigenvalue weighted by atomic mass is 31.0. The second-order valence-corrected chi connectivity index (χ2v) is 7.86. The van der Waals surface area contributed by atoms with Gasteiger partial charge in [-0.15, -0.1) is 9.24 Å². The van der Waals surface area contributed by atoms with Gasteiger partial charge in [0.2, 0.25) is 0 Å². The SMILES string of the molecule is Cc1cccc(CC(P)(c2cccc(C)c2)c2cccc(C)c2)c1. The van der Waals surface area contributed by atoms with Gasteiger partial charge in [-0.05, 0) is 43.9 Å². The summed E-state index contributed by atoms with van der Waals surface area (Å²) in [4.78, 5) is 0. The van der Waals surface area contributed by atoms with Crippen LogP contribution in [0.2, 0.25) is 0 Å².